The van der Waals surface area contributed by atoms with Gasteiger partial charge >= 0.3 is 0 Å². The summed E-state index contributed by atoms with van der Waals surface area (Å²) >= 11 is 6.00. The summed E-state index contributed by atoms with van der Waals surface area (Å²) < 4.78 is 39.3. The Morgan fingerprint density at radius 2 is 2.12 bits per heavy atom. The molecular weight excluding hydrogens is 387 g/mol. The van der Waals surface area contributed by atoms with Crippen LogP contribution in [-0.2, 0) is 14.8 Å². The van der Waals surface area contributed by atoms with E-state index in [-0.39, 0.29) is 35.8 Å². The molecule has 2 atom stereocenters. The van der Waals surface area contributed by atoms with E-state index in [1.807, 2.05) is 0 Å². The first-order valence-electron chi connectivity index (χ1n) is 8.22. The van der Waals surface area contributed by atoms with Crippen LogP contribution in [0.3, 0.4) is 0 Å². The summed E-state index contributed by atoms with van der Waals surface area (Å²) in [5.41, 5.74) is 5.71. The van der Waals surface area contributed by atoms with Crippen molar-refractivity contribution in [3.05, 3.63) is 23.2 Å². The Labute approximate surface area is 159 Å². The summed E-state index contributed by atoms with van der Waals surface area (Å²) in [6, 6.07) is 4.40. The molecule has 9 heteroatoms. The number of sulfonamides is 1. The van der Waals surface area contributed by atoms with Crippen LogP contribution < -0.4 is 15.2 Å². The minimum absolute atomic E-state index is 0. The third kappa shape index (κ3) is 5.45. The lowest BCUT2D eigenvalue weighted by atomic mass is 10.1. The zero-order chi connectivity index (χ0) is 17.2. The second kappa shape index (κ2) is 8.88. The van der Waals surface area contributed by atoms with Gasteiger partial charge in [-0.1, -0.05) is 11.6 Å². The van der Waals surface area contributed by atoms with Crippen LogP contribution in [0, 0.1) is 11.8 Å². The number of halogens is 2. The largest absolute Gasteiger partial charge is 0.492 e. The summed E-state index contributed by atoms with van der Waals surface area (Å²) in [5, 5.41) is 0.350. The average molecular weight is 411 g/mol. The molecule has 1 aliphatic heterocycles. The van der Waals surface area contributed by atoms with Crippen LogP contribution in [0.4, 0.5) is 0 Å². The van der Waals surface area contributed by atoms with E-state index < -0.39 is 10.0 Å². The molecule has 0 amide bonds. The summed E-state index contributed by atoms with van der Waals surface area (Å²) in [7, 11) is -3.75. The summed E-state index contributed by atoms with van der Waals surface area (Å²) in [4.78, 5) is 0.0630. The molecule has 1 aliphatic carbocycles. The number of ether oxygens (including phenoxy) is 2. The minimum Gasteiger partial charge on any atom is -0.492 e. The van der Waals surface area contributed by atoms with Crippen LogP contribution in [-0.4, -0.2) is 40.8 Å². The highest BCUT2D eigenvalue weighted by atomic mass is 35.5. The highest BCUT2D eigenvalue weighted by molar-refractivity contribution is 7.89. The maximum Gasteiger partial charge on any atom is 0.244 e. The van der Waals surface area contributed by atoms with Crippen LogP contribution in [0.5, 0.6) is 5.75 Å². The SMILES string of the molecule is Cl.NCC(NS(=O)(=O)c1cc(Cl)ccc1OCC1CCOC1)C1CC1. The molecule has 3 N–H and O–H groups in total. The van der Waals surface area contributed by atoms with Gasteiger partial charge in [-0.25, -0.2) is 13.1 Å². The minimum atomic E-state index is -3.75. The Morgan fingerprint density at radius 1 is 1.36 bits per heavy atom. The van der Waals surface area contributed by atoms with Crippen molar-refractivity contribution in [2.75, 3.05) is 26.4 Å². The molecule has 1 aromatic carbocycles. The first kappa shape index (κ1) is 20.7. The van der Waals surface area contributed by atoms with Crippen molar-refractivity contribution in [1.82, 2.24) is 4.72 Å². The van der Waals surface area contributed by atoms with Crippen molar-refractivity contribution in [2.45, 2.75) is 30.2 Å². The summed E-state index contributed by atoms with van der Waals surface area (Å²) in [6.07, 6.45) is 2.93. The third-order valence-electron chi connectivity index (χ3n) is 4.45. The molecule has 25 heavy (non-hydrogen) atoms. The summed E-state index contributed by atoms with van der Waals surface area (Å²) in [6.45, 7) is 2.07. The maximum atomic E-state index is 12.8. The number of hydrogen-bond acceptors (Lipinski definition) is 5. The first-order valence-corrected chi connectivity index (χ1v) is 10.1. The molecular formula is C16H24Cl2N2O4S. The molecule has 142 valence electrons. The topological polar surface area (TPSA) is 90.7 Å². The second-order valence-electron chi connectivity index (χ2n) is 6.43. The lowest BCUT2D eigenvalue weighted by Gasteiger charge is -2.19. The van der Waals surface area contributed by atoms with E-state index in [4.69, 9.17) is 26.8 Å². The fourth-order valence-electron chi connectivity index (χ4n) is 2.83. The van der Waals surface area contributed by atoms with Gasteiger partial charge in [0.2, 0.25) is 10.0 Å². The molecule has 1 saturated carbocycles. The molecule has 2 unspecified atom stereocenters. The zero-order valence-electron chi connectivity index (χ0n) is 13.8. The van der Waals surface area contributed by atoms with Gasteiger partial charge in [-0.2, -0.15) is 0 Å². The number of rotatable bonds is 8. The van der Waals surface area contributed by atoms with Gasteiger partial charge in [0.05, 0.1) is 13.2 Å². The van der Waals surface area contributed by atoms with Gasteiger partial charge in [-0.15, -0.1) is 12.4 Å². The Bertz CT molecular complexity index is 677. The van der Waals surface area contributed by atoms with E-state index in [1.165, 1.54) is 6.07 Å². The standard InChI is InChI=1S/C16H23ClN2O4S.ClH/c17-13-3-4-15(23-10-11-5-6-22-9-11)16(7-13)24(20,21)19-14(8-18)12-1-2-12;/h3-4,7,11-12,14,19H,1-2,5-6,8-10,18H2;1H. The highest BCUT2D eigenvalue weighted by Gasteiger charge is 2.34. The average Bonchev–Trinajstić information content (AvgIpc) is 3.27. The van der Waals surface area contributed by atoms with Gasteiger partial charge in [0.1, 0.15) is 10.6 Å². The van der Waals surface area contributed by atoms with Crippen molar-refractivity contribution in [3.63, 3.8) is 0 Å². The van der Waals surface area contributed by atoms with Gasteiger partial charge in [-0.05, 0) is 43.4 Å². The molecule has 0 bridgehead atoms. The lowest BCUT2D eigenvalue weighted by Crippen LogP contribution is -2.41. The Hall–Kier alpha value is -0.570. The van der Waals surface area contributed by atoms with Gasteiger partial charge in [-0.3, -0.25) is 0 Å². The molecule has 6 nitrogen and oxygen atoms in total. The summed E-state index contributed by atoms with van der Waals surface area (Å²) in [5.74, 6) is 0.918. The third-order valence-corrected chi connectivity index (χ3v) is 6.19. The molecule has 2 fully saturated rings. The molecule has 0 radical (unpaired) electrons. The maximum absolute atomic E-state index is 12.8. The number of nitrogens with one attached hydrogen (secondary N) is 1. The van der Waals surface area contributed by atoms with E-state index in [2.05, 4.69) is 4.72 Å². The van der Waals surface area contributed by atoms with E-state index in [0.29, 0.717) is 29.9 Å². The normalized spacial score (nSPS) is 21.6. The fourth-order valence-corrected chi connectivity index (χ4v) is 4.56. The van der Waals surface area contributed by atoms with Crippen molar-refractivity contribution >= 4 is 34.0 Å². The molecule has 0 aromatic heterocycles. The van der Waals surface area contributed by atoms with Crippen LogP contribution in [0.1, 0.15) is 19.3 Å². The highest BCUT2D eigenvalue weighted by Crippen LogP contribution is 2.34. The van der Waals surface area contributed by atoms with Crippen LogP contribution in [0.2, 0.25) is 5.02 Å². The van der Waals surface area contributed by atoms with Crippen LogP contribution in [0.25, 0.3) is 0 Å². The van der Waals surface area contributed by atoms with Crippen molar-refractivity contribution < 1.29 is 17.9 Å². The zero-order valence-corrected chi connectivity index (χ0v) is 16.2. The number of benzene rings is 1. The van der Waals surface area contributed by atoms with E-state index >= 15 is 0 Å². The monoisotopic (exact) mass is 410 g/mol. The molecule has 3 rings (SSSR count). The van der Waals surface area contributed by atoms with Crippen molar-refractivity contribution in [2.24, 2.45) is 17.6 Å². The Balaban J connectivity index is 0.00000225. The van der Waals surface area contributed by atoms with E-state index in [0.717, 1.165) is 25.9 Å². The quantitative estimate of drug-likeness (QED) is 0.685. The van der Waals surface area contributed by atoms with Gasteiger partial charge in [0, 0.05) is 30.1 Å². The molecule has 1 saturated heterocycles. The van der Waals surface area contributed by atoms with Gasteiger partial charge in [0.15, 0.2) is 0 Å². The Morgan fingerprint density at radius 3 is 2.72 bits per heavy atom. The molecule has 2 aliphatic rings. The molecule has 1 aromatic rings. The van der Waals surface area contributed by atoms with E-state index in [1.54, 1.807) is 12.1 Å². The predicted molar refractivity (Wildman–Crippen MR) is 99.0 cm³/mol. The smallest absolute Gasteiger partial charge is 0.244 e. The Kier molecular flexibility index (Phi) is 7.37. The number of nitrogens with two attached hydrogens (primary N) is 1. The van der Waals surface area contributed by atoms with Gasteiger partial charge in [0.25, 0.3) is 0 Å². The van der Waals surface area contributed by atoms with E-state index in [9.17, 15) is 8.42 Å². The molecule has 1 heterocycles. The van der Waals surface area contributed by atoms with Gasteiger partial charge < -0.3 is 15.2 Å². The van der Waals surface area contributed by atoms with Crippen LogP contribution >= 0.6 is 24.0 Å². The van der Waals surface area contributed by atoms with Crippen LogP contribution in [0.15, 0.2) is 23.1 Å². The predicted octanol–water partition coefficient (Wildman–Crippen LogP) is 2.19. The number of hydrogen-bond donors (Lipinski definition) is 2. The first-order chi connectivity index (χ1) is 11.5. The second-order valence-corrected chi connectivity index (χ2v) is 8.55. The molecule has 0 spiro atoms. The van der Waals surface area contributed by atoms with Crippen molar-refractivity contribution in [3.8, 4) is 5.75 Å². The fraction of sp³-hybridized carbons (Fsp3) is 0.625. The lowest BCUT2D eigenvalue weighted by molar-refractivity contribution is 0.166. The van der Waals surface area contributed by atoms with Crippen molar-refractivity contribution in [1.29, 1.82) is 0 Å².